The lowest BCUT2D eigenvalue weighted by atomic mass is 9.84. The fourth-order valence-electron chi connectivity index (χ4n) is 6.54. The quantitative estimate of drug-likeness (QED) is 0.0195. The summed E-state index contributed by atoms with van der Waals surface area (Å²) in [6.45, 7) is 1.17. The Kier molecular flexibility index (Phi) is 39.2. The van der Waals surface area contributed by atoms with E-state index in [-0.39, 0.29) is 70.6 Å². The van der Waals surface area contributed by atoms with Crippen LogP contribution in [0.25, 0.3) is 0 Å². The van der Waals surface area contributed by atoms with Gasteiger partial charge in [-0.2, -0.15) is 0 Å². The third-order valence-electron chi connectivity index (χ3n) is 11.2. The molecular weight excluding hydrogens is 1300 g/mol. The van der Waals surface area contributed by atoms with Gasteiger partial charge in [0, 0.05) is 64.4 Å². The second-order valence-electron chi connectivity index (χ2n) is 17.6. The predicted molar refractivity (Wildman–Crippen MR) is 298 cm³/mol. The molecule has 0 amide bonds. The molecule has 1 unspecified atom stereocenters. The van der Waals surface area contributed by atoms with E-state index < -0.39 is 189 Å². The number of carbonyl (C=O) groups is 9. The molecule has 2 rings (SSSR count). The van der Waals surface area contributed by atoms with Crippen LogP contribution in [0, 0.1) is 0 Å². The summed E-state index contributed by atoms with van der Waals surface area (Å²) in [7, 11) is -23.3. The zero-order chi connectivity index (χ0) is 67.2. The molecular formula is C51H80O35P4. The van der Waals surface area contributed by atoms with E-state index in [0.29, 0.717) is 0 Å². The van der Waals surface area contributed by atoms with Gasteiger partial charge in [0.15, 0.2) is 6.10 Å². The minimum Gasteiger partial charge on any atom is -0.457 e. The Hall–Kier alpha value is -5.15. The zero-order valence-electron chi connectivity index (χ0n) is 51.3. The van der Waals surface area contributed by atoms with Gasteiger partial charge in [0.05, 0.1) is 0 Å². The molecule has 1 aliphatic rings. The second kappa shape index (κ2) is 43.6. The van der Waals surface area contributed by atoms with Crippen LogP contribution in [0.15, 0.2) is 30.3 Å². The molecule has 514 valence electrons. The van der Waals surface area contributed by atoms with E-state index in [2.05, 4.69) is 0 Å². The summed E-state index contributed by atoms with van der Waals surface area (Å²) in [6, 6.07) is 8.67. The summed E-state index contributed by atoms with van der Waals surface area (Å²) in [5, 5.41) is 0. The van der Waals surface area contributed by atoms with E-state index >= 15 is 18.3 Å². The van der Waals surface area contributed by atoms with Crippen molar-refractivity contribution >= 4 is 85.0 Å². The molecule has 6 atom stereocenters. The van der Waals surface area contributed by atoms with Gasteiger partial charge in [0.2, 0.25) is 54.3 Å². The van der Waals surface area contributed by atoms with Gasteiger partial charge >= 0.3 is 85.0 Å². The summed E-state index contributed by atoms with van der Waals surface area (Å²) in [5.74, 6) is -9.08. The molecule has 0 bridgehead atoms. The van der Waals surface area contributed by atoms with Crippen LogP contribution >= 0.6 is 31.3 Å². The molecule has 0 radical (unpaired) electrons. The number of esters is 9. The van der Waals surface area contributed by atoms with Crippen LogP contribution in [-0.2, 0) is 169 Å². The van der Waals surface area contributed by atoms with Crippen LogP contribution in [0.1, 0.15) is 139 Å². The molecule has 90 heavy (non-hydrogen) atoms. The minimum absolute atomic E-state index is 0.000885. The summed E-state index contributed by atoms with van der Waals surface area (Å²) in [6.07, 6.45) is -18.8. The fraction of sp³-hybridized carbons (Fsp3) is 0.706. The van der Waals surface area contributed by atoms with Gasteiger partial charge in [-0.1, -0.05) is 92.6 Å². The predicted octanol–water partition coefficient (Wildman–Crippen LogP) is 8.12. The second-order valence-corrected chi connectivity index (χ2v) is 24.1. The van der Waals surface area contributed by atoms with Crippen molar-refractivity contribution in [1.82, 2.24) is 0 Å². The number of aryl methyl sites for hydroxylation is 1. The molecule has 0 saturated heterocycles. The van der Waals surface area contributed by atoms with Gasteiger partial charge < -0.3 is 47.4 Å². The average molecular weight is 1380 g/mol. The van der Waals surface area contributed by atoms with E-state index in [9.17, 15) is 43.2 Å². The van der Waals surface area contributed by atoms with Gasteiger partial charge in [-0.25, -0.2) is 54.5 Å². The molecule has 1 aromatic rings. The first-order chi connectivity index (χ1) is 42.8. The number of benzene rings is 1. The topological polar surface area (TPSA) is 425 Å². The molecule has 0 aromatic heterocycles. The molecule has 0 N–H and O–H groups in total. The van der Waals surface area contributed by atoms with Crippen molar-refractivity contribution in [2.45, 2.75) is 176 Å². The SMILES string of the molecule is CCCC(=O)OC1[C@@H](OCCCc2ccccc2)[C@H](OP(=O)(OCOC(=O)CC)OCOC(=O)CC)[C@@H](OP(=O)(OCOC(=O)CC)OCOC(=O)CC)[C@H](OP(=O)(OCOC(=O)CC)OCOC(=O)CC)[C@H]1OP(=O)(OCOC(=O)CC)OCOC(=O)CC. The van der Waals surface area contributed by atoms with Gasteiger partial charge in [-0.15, -0.1) is 0 Å². The van der Waals surface area contributed by atoms with Gasteiger partial charge in [-0.3, -0.25) is 61.2 Å². The zero-order valence-corrected chi connectivity index (χ0v) is 54.9. The lowest BCUT2D eigenvalue weighted by Crippen LogP contribution is -2.67. The molecule has 39 heteroatoms. The number of ether oxygens (including phenoxy) is 10. The molecule has 1 aromatic carbocycles. The van der Waals surface area contributed by atoms with Crippen LogP contribution in [0.5, 0.6) is 0 Å². The monoisotopic (exact) mass is 1380 g/mol. The lowest BCUT2D eigenvalue weighted by molar-refractivity contribution is -0.239. The summed E-state index contributed by atoms with van der Waals surface area (Å²) < 4.78 is 182. The number of rotatable bonds is 48. The smallest absolute Gasteiger partial charge is 0.457 e. The maximum absolute atomic E-state index is 15.5. The maximum Gasteiger partial charge on any atom is 0.481 e. The summed E-state index contributed by atoms with van der Waals surface area (Å²) in [4.78, 5) is 114. The molecule has 1 aliphatic carbocycles. The van der Waals surface area contributed by atoms with E-state index in [1.807, 2.05) is 0 Å². The standard InChI is InChI=1S/C51H80O35P4/c1-10-23-45(60)82-47-46(65-27-22-26-36-24-20-19-21-25-36)48(83-87(61,74-28-66-37(52)11-2)75-29-67-38(53)12-3)50(85-89(63,78-32-70-41(56)15-6)79-33-71-42(57)16-7)51(86-90(64,80-34-72-43(58)17-8)81-35-73-44(59)18-9)49(47)84-88(62,76-30-68-39(54)13-4)77-31-69-40(55)14-5/h19-21,24-25,46-51H,10-18,22-23,26-35H2,1-9H3/t46-,47?,48+,49+,50-,51-/m1/s1. The van der Waals surface area contributed by atoms with Crippen LogP contribution in [-0.4, -0.2) is 151 Å². The molecule has 35 nitrogen and oxygen atoms in total. The first-order valence-electron chi connectivity index (χ1n) is 28.2. The summed E-state index contributed by atoms with van der Waals surface area (Å²) in [5.41, 5.74) is 0.726. The average Bonchev–Trinajstić information content (AvgIpc) is 0.796. The molecule has 0 heterocycles. The number of carbonyl (C=O) groups excluding carboxylic acids is 9. The molecule has 1 fully saturated rings. The third kappa shape index (κ3) is 31.4. The van der Waals surface area contributed by atoms with Gasteiger partial charge in [0.25, 0.3) is 0 Å². The van der Waals surface area contributed by atoms with Gasteiger partial charge in [-0.05, 0) is 24.8 Å². The van der Waals surface area contributed by atoms with Crippen LogP contribution in [0.2, 0.25) is 0 Å². The van der Waals surface area contributed by atoms with Crippen LogP contribution in [0.4, 0.5) is 0 Å². The Bertz CT molecular complexity index is 2500. The highest BCUT2D eigenvalue weighted by atomic mass is 31.2. The third-order valence-corrected chi connectivity index (χ3v) is 16.6. The molecule has 0 spiro atoms. The minimum atomic E-state index is -5.89. The Labute approximate surface area is 519 Å². The van der Waals surface area contributed by atoms with E-state index in [1.54, 1.807) is 30.3 Å². The number of hydrogen-bond acceptors (Lipinski definition) is 35. The highest BCUT2D eigenvalue weighted by Crippen LogP contribution is 2.62. The Morgan fingerprint density at radius 2 is 0.578 bits per heavy atom. The van der Waals surface area contributed by atoms with Crippen molar-refractivity contribution in [1.29, 1.82) is 0 Å². The molecule has 0 aliphatic heterocycles. The van der Waals surface area contributed by atoms with Crippen LogP contribution < -0.4 is 0 Å². The number of hydrogen-bond donors (Lipinski definition) is 0. The molecule has 1 saturated carbocycles. The van der Waals surface area contributed by atoms with E-state index in [0.717, 1.165) is 5.56 Å². The van der Waals surface area contributed by atoms with Crippen molar-refractivity contribution < 1.29 is 163 Å². The van der Waals surface area contributed by atoms with Crippen molar-refractivity contribution in [3.05, 3.63) is 35.9 Å². The van der Waals surface area contributed by atoms with E-state index in [1.165, 1.54) is 62.3 Å². The van der Waals surface area contributed by atoms with Crippen molar-refractivity contribution in [3.8, 4) is 0 Å². The highest BCUT2D eigenvalue weighted by molar-refractivity contribution is 7.49. The highest BCUT2D eigenvalue weighted by Gasteiger charge is 2.63. The Morgan fingerprint density at radius 1 is 0.333 bits per heavy atom. The Morgan fingerprint density at radius 3 is 0.822 bits per heavy atom. The number of phosphoric acid groups is 4. The largest absolute Gasteiger partial charge is 0.481 e. The van der Waals surface area contributed by atoms with Crippen LogP contribution in [0.3, 0.4) is 0 Å². The fourth-order valence-corrected chi connectivity index (χ4v) is 10.9. The first kappa shape index (κ1) is 80.9. The van der Waals surface area contributed by atoms with Crippen molar-refractivity contribution in [3.63, 3.8) is 0 Å². The van der Waals surface area contributed by atoms with E-state index in [4.69, 9.17) is 102 Å². The van der Waals surface area contributed by atoms with Gasteiger partial charge in [0.1, 0.15) is 30.5 Å². The lowest BCUT2D eigenvalue weighted by Gasteiger charge is -2.49. The maximum atomic E-state index is 15.5. The van der Waals surface area contributed by atoms with Crippen molar-refractivity contribution in [2.24, 2.45) is 0 Å². The normalized spacial score (nSPS) is 17.7. The van der Waals surface area contributed by atoms with Crippen molar-refractivity contribution in [2.75, 3.05) is 61.0 Å². The Balaban J connectivity index is 3.53. The number of phosphoric ester groups is 4. The first-order valence-corrected chi connectivity index (χ1v) is 34.1. The summed E-state index contributed by atoms with van der Waals surface area (Å²) >= 11 is 0.